The van der Waals surface area contributed by atoms with E-state index in [0.29, 0.717) is 24.9 Å². The molecule has 0 unspecified atom stereocenters. The summed E-state index contributed by atoms with van der Waals surface area (Å²) < 4.78 is 0. The van der Waals surface area contributed by atoms with Crippen LogP contribution in [0, 0.1) is 16.0 Å². The Morgan fingerprint density at radius 3 is 2.79 bits per heavy atom. The summed E-state index contributed by atoms with van der Waals surface area (Å²) in [6, 6.07) is 0. The molecule has 1 aliphatic heterocycles. The van der Waals surface area contributed by atoms with Gasteiger partial charge in [-0.3, -0.25) is 10.1 Å². The van der Waals surface area contributed by atoms with E-state index in [1.807, 2.05) is 4.90 Å². The Labute approximate surface area is 110 Å². The van der Waals surface area contributed by atoms with Crippen molar-refractivity contribution < 1.29 is 10.0 Å². The van der Waals surface area contributed by atoms with E-state index < -0.39 is 4.92 Å². The van der Waals surface area contributed by atoms with Crippen molar-refractivity contribution in [1.82, 2.24) is 9.97 Å². The van der Waals surface area contributed by atoms with Crippen LogP contribution in [-0.2, 0) is 0 Å². The largest absolute Gasteiger partial charge is 0.396 e. The Hall–Kier alpha value is -1.96. The lowest BCUT2D eigenvalue weighted by Crippen LogP contribution is -2.35. The standard InChI is InChI=1S/C11H17N5O3/c1-12-11-13-6-9(16(18)19)10(14-11)15-4-2-8(7-17)3-5-15/h6,8,17H,2-5,7H2,1H3,(H,12,13,14). The molecular weight excluding hydrogens is 250 g/mol. The normalized spacial score (nSPS) is 16.4. The van der Waals surface area contributed by atoms with Gasteiger partial charge in [0.05, 0.1) is 4.92 Å². The Balaban J connectivity index is 2.24. The van der Waals surface area contributed by atoms with Gasteiger partial charge in [-0.15, -0.1) is 0 Å². The lowest BCUT2D eigenvalue weighted by Gasteiger charge is -2.31. The number of hydrogen-bond acceptors (Lipinski definition) is 7. The molecule has 1 aliphatic rings. The number of nitro groups is 1. The second-order valence-corrected chi connectivity index (χ2v) is 4.52. The Morgan fingerprint density at radius 1 is 1.58 bits per heavy atom. The van der Waals surface area contributed by atoms with Crippen LogP contribution in [-0.4, -0.2) is 46.7 Å². The van der Waals surface area contributed by atoms with Crippen LogP contribution in [0.2, 0.25) is 0 Å². The van der Waals surface area contributed by atoms with Gasteiger partial charge in [-0.2, -0.15) is 4.98 Å². The topological polar surface area (TPSA) is 104 Å². The first-order valence-electron chi connectivity index (χ1n) is 6.20. The van der Waals surface area contributed by atoms with Gasteiger partial charge in [0.1, 0.15) is 6.20 Å². The monoisotopic (exact) mass is 267 g/mol. The summed E-state index contributed by atoms with van der Waals surface area (Å²) in [5.74, 6) is 0.992. The van der Waals surface area contributed by atoms with Crippen LogP contribution < -0.4 is 10.2 Å². The number of aliphatic hydroxyl groups excluding tert-OH is 1. The highest BCUT2D eigenvalue weighted by Crippen LogP contribution is 2.29. The number of nitrogens with one attached hydrogen (secondary N) is 1. The number of hydrogen-bond donors (Lipinski definition) is 2. The minimum absolute atomic E-state index is 0.0820. The molecule has 104 valence electrons. The molecule has 1 saturated heterocycles. The summed E-state index contributed by atoms with van der Waals surface area (Å²) in [6.45, 7) is 1.49. The van der Waals surface area contributed by atoms with Gasteiger partial charge in [-0.1, -0.05) is 0 Å². The maximum absolute atomic E-state index is 11.0. The van der Waals surface area contributed by atoms with Crippen LogP contribution in [0.25, 0.3) is 0 Å². The summed E-state index contributed by atoms with van der Waals surface area (Å²) in [5.41, 5.74) is -0.0820. The summed E-state index contributed by atoms with van der Waals surface area (Å²) in [7, 11) is 1.67. The fraction of sp³-hybridized carbons (Fsp3) is 0.636. The Morgan fingerprint density at radius 2 is 2.26 bits per heavy atom. The number of aliphatic hydroxyl groups is 1. The quantitative estimate of drug-likeness (QED) is 0.609. The summed E-state index contributed by atoms with van der Waals surface area (Å²) >= 11 is 0. The average Bonchev–Trinajstić information content (AvgIpc) is 2.46. The molecule has 0 atom stereocenters. The first-order valence-corrected chi connectivity index (χ1v) is 6.20. The van der Waals surface area contributed by atoms with Gasteiger partial charge in [-0.25, -0.2) is 4.98 Å². The molecule has 0 saturated carbocycles. The third kappa shape index (κ3) is 2.90. The van der Waals surface area contributed by atoms with Gasteiger partial charge in [0.15, 0.2) is 0 Å². The molecule has 0 amide bonds. The van der Waals surface area contributed by atoms with Gasteiger partial charge in [0.2, 0.25) is 11.8 Å². The highest BCUT2D eigenvalue weighted by Gasteiger charge is 2.26. The number of aromatic nitrogens is 2. The molecule has 2 heterocycles. The first-order chi connectivity index (χ1) is 9.15. The Bertz CT molecular complexity index is 460. The molecular formula is C11H17N5O3. The van der Waals surface area contributed by atoms with Gasteiger partial charge in [0, 0.05) is 26.7 Å². The van der Waals surface area contributed by atoms with Gasteiger partial charge in [-0.05, 0) is 18.8 Å². The van der Waals surface area contributed by atoms with Crippen molar-refractivity contribution in [2.45, 2.75) is 12.8 Å². The van der Waals surface area contributed by atoms with Crippen molar-refractivity contribution in [2.75, 3.05) is 37.0 Å². The zero-order chi connectivity index (χ0) is 13.8. The number of piperidine rings is 1. The minimum Gasteiger partial charge on any atom is -0.396 e. The molecule has 1 aromatic heterocycles. The SMILES string of the molecule is CNc1ncc([N+](=O)[O-])c(N2CCC(CO)CC2)n1. The van der Waals surface area contributed by atoms with Gasteiger partial charge >= 0.3 is 5.69 Å². The Kier molecular flexibility index (Phi) is 4.10. The molecule has 8 nitrogen and oxygen atoms in total. The molecule has 8 heteroatoms. The summed E-state index contributed by atoms with van der Waals surface area (Å²) in [4.78, 5) is 20.5. The maximum Gasteiger partial charge on any atom is 0.329 e. The van der Waals surface area contributed by atoms with Crippen LogP contribution in [0.5, 0.6) is 0 Å². The lowest BCUT2D eigenvalue weighted by molar-refractivity contribution is -0.384. The van der Waals surface area contributed by atoms with E-state index in [4.69, 9.17) is 5.11 Å². The molecule has 2 rings (SSSR count). The summed E-state index contributed by atoms with van der Waals surface area (Å²) in [6.07, 6.45) is 2.85. The van der Waals surface area contributed by atoms with E-state index in [0.717, 1.165) is 12.8 Å². The van der Waals surface area contributed by atoms with E-state index in [2.05, 4.69) is 15.3 Å². The maximum atomic E-state index is 11.0. The minimum atomic E-state index is -0.465. The predicted octanol–water partition coefficient (Wildman–Crippen LogP) is 0.635. The molecule has 19 heavy (non-hydrogen) atoms. The van der Waals surface area contributed by atoms with Crippen LogP contribution in [0.15, 0.2) is 6.20 Å². The number of rotatable bonds is 4. The average molecular weight is 267 g/mol. The third-order valence-corrected chi connectivity index (χ3v) is 3.34. The van der Waals surface area contributed by atoms with Crippen LogP contribution in [0.4, 0.5) is 17.5 Å². The smallest absolute Gasteiger partial charge is 0.329 e. The second kappa shape index (κ2) is 5.79. The van der Waals surface area contributed by atoms with Crippen LogP contribution in [0.1, 0.15) is 12.8 Å². The molecule has 0 radical (unpaired) electrons. The molecule has 0 bridgehead atoms. The highest BCUT2D eigenvalue weighted by molar-refractivity contribution is 5.59. The van der Waals surface area contributed by atoms with Crippen molar-refractivity contribution in [3.8, 4) is 0 Å². The van der Waals surface area contributed by atoms with E-state index in [9.17, 15) is 10.1 Å². The molecule has 2 N–H and O–H groups in total. The van der Waals surface area contributed by atoms with Crippen molar-refractivity contribution >= 4 is 17.5 Å². The van der Waals surface area contributed by atoms with Gasteiger partial charge < -0.3 is 15.3 Å². The molecule has 1 aromatic rings. The molecule has 0 spiro atoms. The van der Waals surface area contributed by atoms with E-state index in [1.165, 1.54) is 6.20 Å². The van der Waals surface area contributed by atoms with Crippen molar-refractivity contribution in [3.63, 3.8) is 0 Å². The first kappa shape index (κ1) is 13.5. The highest BCUT2D eigenvalue weighted by atomic mass is 16.6. The van der Waals surface area contributed by atoms with E-state index in [-0.39, 0.29) is 18.2 Å². The zero-order valence-electron chi connectivity index (χ0n) is 10.7. The third-order valence-electron chi connectivity index (χ3n) is 3.34. The van der Waals surface area contributed by atoms with Gasteiger partial charge in [0.25, 0.3) is 0 Å². The van der Waals surface area contributed by atoms with Crippen LogP contribution in [0.3, 0.4) is 0 Å². The van der Waals surface area contributed by atoms with E-state index >= 15 is 0 Å². The fourth-order valence-corrected chi connectivity index (χ4v) is 2.18. The van der Waals surface area contributed by atoms with Crippen molar-refractivity contribution in [2.24, 2.45) is 5.92 Å². The molecule has 1 fully saturated rings. The zero-order valence-corrected chi connectivity index (χ0v) is 10.7. The van der Waals surface area contributed by atoms with Crippen molar-refractivity contribution in [3.05, 3.63) is 16.3 Å². The van der Waals surface area contributed by atoms with E-state index in [1.54, 1.807) is 7.05 Å². The predicted molar refractivity (Wildman–Crippen MR) is 70.3 cm³/mol. The molecule has 0 aliphatic carbocycles. The van der Waals surface area contributed by atoms with Crippen molar-refractivity contribution in [1.29, 1.82) is 0 Å². The fourth-order valence-electron chi connectivity index (χ4n) is 2.18. The number of nitrogens with zero attached hydrogens (tertiary/aromatic N) is 4. The molecule has 0 aromatic carbocycles. The number of anilines is 2. The summed E-state index contributed by atoms with van der Waals surface area (Å²) in [5, 5.41) is 22.9. The lowest BCUT2D eigenvalue weighted by atomic mass is 9.98. The second-order valence-electron chi connectivity index (χ2n) is 4.52. The van der Waals surface area contributed by atoms with Crippen LogP contribution >= 0.6 is 0 Å².